The van der Waals surface area contributed by atoms with Gasteiger partial charge >= 0.3 is 29.9 Å². The van der Waals surface area contributed by atoms with E-state index in [-0.39, 0.29) is 9.36 Å². The molecule has 0 bridgehead atoms. The van der Waals surface area contributed by atoms with Gasteiger partial charge < -0.3 is 40.5 Å². The Bertz CT molecular complexity index is 1070. The first-order chi connectivity index (χ1) is 13.6. The molecule has 0 unspecified atom stereocenters. The zero-order chi connectivity index (χ0) is 21.9. The summed E-state index contributed by atoms with van der Waals surface area (Å²) in [5.41, 5.74) is 14.7. The van der Waals surface area contributed by atoms with Crippen LogP contribution in [-0.4, -0.2) is 39.3 Å². The Morgan fingerprint density at radius 1 is 0.759 bits per heavy atom. The van der Waals surface area contributed by atoms with E-state index in [1.165, 1.54) is 0 Å². The molecule has 0 aromatic carbocycles. The van der Waals surface area contributed by atoms with Crippen molar-refractivity contribution in [2.24, 2.45) is 10.2 Å². The molecule has 22 heteroatoms. The molecule has 2 aromatic heterocycles. The molecular formula is C7H2N14O8. The minimum absolute atomic E-state index is 0.186. The number of hydrogen-bond acceptors (Lipinski definition) is 12. The lowest BCUT2D eigenvalue weighted by Crippen LogP contribution is -2.15. The number of nitro groups is 4. The Morgan fingerprint density at radius 3 is 1.34 bits per heavy atom. The van der Waals surface area contributed by atoms with Crippen molar-refractivity contribution in [1.29, 1.82) is 0 Å². The molecule has 0 amide bonds. The van der Waals surface area contributed by atoms with Crippen LogP contribution in [0, 0.1) is 40.5 Å². The Kier molecular flexibility index (Phi) is 5.15. The molecule has 2 aromatic rings. The van der Waals surface area contributed by atoms with Crippen LogP contribution in [0.4, 0.5) is 34.6 Å². The van der Waals surface area contributed by atoms with Gasteiger partial charge in [-0.25, -0.2) is 0 Å². The van der Waals surface area contributed by atoms with Gasteiger partial charge in [0.1, 0.15) is 0 Å². The summed E-state index contributed by atoms with van der Waals surface area (Å²) in [6.07, 6.45) is 0. The third-order valence-corrected chi connectivity index (χ3v) is 3.02. The number of azide groups is 2. The molecule has 0 saturated heterocycles. The minimum Gasteiger partial charge on any atom is -0.358 e. The molecule has 2 rings (SSSR count). The monoisotopic (exact) mass is 410 g/mol. The highest BCUT2D eigenvalue weighted by Crippen LogP contribution is 2.39. The molecule has 0 N–H and O–H groups in total. The molecule has 0 atom stereocenters. The fourth-order valence-corrected chi connectivity index (χ4v) is 2.06. The second-order valence-corrected chi connectivity index (χ2v) is 4.54. The first-order valence-electron chi connectivity index (χ1n) is 6.53. The van der Waals surface area contributed by atoms with E-state index in [0.717, 1.165) is 0 Å². The lowest BCUT2D eigenvalue weighted by molar-refractivity contribution is -0.395. The van der Waals surface area contributed by atoms with Crippen LogP contribution in [0.1, 0.15) is 0 Å². The summed E-state index contributed by atoms with van der Waals surface area (Å²) in [7, 11) is 0. The maximum Gasteiger partial charge on any atom is 0.430 e. The third-order valence-electron chi connectivity index (χ3n) is 3.02. The standard InChI is InChI=1S/C7H2N14O8/c8-14-10-2-4(18(22)23)12-16(6(2)20(26)27)1-17-7(21(28)29)3(11-15-9)5(13-17)19(24)25/h1H2. The first kappa shape index (κ1) is 20.0. The molecule has 22 nitrogen and oxygen atoms in total. The van der Waals surface area contributed by atoms with E-state index < -0.39 is 61.0 Å². The van der Waals surface area contributed by atoms with Gasteiger partial charge in [-0.05, 0) is 41.0 Å². The molecule has 0 fully saturated rings. The van der Waals surface area contributed by atoms with Crippen molar-refractivity contribution in [2.75, 3.05) is 0 Å². The first-order valence-corrected chi connectivity index (χ1v) is 6.53. The Morgan fingerprint density at radius 2 is 1.10 bits per heavy atom. The number of nitrogens with zero attached hydrogens (tertiary/aromatic N) is 14. The van der Waals surface area contributed by atoms with Crippen LogP contribution in [0.2, 0.25) is 0 Å². The SMILES string of the molecule is [N-]=[N+]=Nc1c([N+](=O)[O-])nn(Cn2nc([N+](=O)[O-])c(N=[N+]=[N-])c2[N+](=O)[O-])c1[N+](=O)[O-]. The topological polar surface area (TPSA) is 306 Å². The minimum atomic E-state index is -1.26. The highest BCUT2D eigenvalue weighted by Gasteiger charge is 2.42. The lowest BCUT2D eigenvalue weighted by atomic mass is 10.5. The van der Waals surface area contributed by atoms with Crippen molar-refractivity contribution >= 4 is 34.6 Å². The number of aromatic nitrogens is 4. The molecule has 0 saturated carbocycles. The number of rotatable bonds is 8. The fraction of sp³-hybridized carbons (Fsp3) is 0.143. The van der Waals surface area contributed by atoms with E-state index in [9.17, 15) is 40.5 Å². The summed E-state index contributed by atoms with van der Waals surface area (Å²) in [5.74, 6) is -5.00. The van der Waals surface area contributed by atoms with E-state index in [2.05, 4.69) is 30.2 Å². The Labute approximate surface area is 153 Å². The predicted octanol–water partition coefficient (Wildman–Crippen LogP) is 2.10. The summed E-state index contributed by atoms with van der Waals surface area (Å²) in [6.45, 7) is -1.14. The largest absolute Gasteiger partial charge is 0.430 e. The van der Waals surface area contributed by atoms with Crippen molar-refractivity contribution in [1.82, 2.24) is 19.6 Å². The van der Waals surface area contributed by atoms with E-state index >= 15 is 0 Å². The van der Waals surface area contributed by atoms with Gasteiger partial charge in [-0.15, -0.1) is 0 Å². The van der Waals surface area contributed by atoms with Gasteiger partial charge in [0.25, 0.3) is 0 Å². The molecule has 2 heterocycles. The van der Waals surface area contributed by atoms with Crippen LogP contribution in [0.25, 0.3) is 20.9 Å². The van der Waals surface area contributed by atoms with Gasteiger partial charge in [0.05, 0.1) is 0 Å². The van der Waals surface area contributed by atoms with Gasteiger partial charge in [-0.2, -0.15) is 0 Å². The average Bonchev–Trinajstić information content (AvgIpc) is 3.15. The summed E-state index contributed by atoms with van der Waals surface area (Å²) in [6, 6.07) is 0. The summed E-state index contributed by atoms with van der Waals surface area (Å²) in [4.78, 5) is 44.0. The van der Waals surface area contributed by atoms with Crippen LogP contribution < -0.4 is 0 Å². The molecule has 0 spiro atoms. The van der Waals surface area contributed by atoms with Crippen LogP contribution >= 0.6 is 0 Å². The van der Waals surface area contributed by atoms with Crippen LogP contribution in [-0.2, 0) is 6.67 Å². The molecular weight excluding hydrogens is 408 g/mol. The van der Waals surface area contributed by atoms with Crippen molar-refractivity contribution in [2.45, 2.75) is 6.67 Å². The summed E-state index contributed by atoms with van der Waals surface area (Å²) in [5, 5.41) is 56.6. The van der Waals surface area contributed by atoms with E-state index in [0.29, 0.717) is 0 Å². The fourth-order valence-electron chi connectivity index (χ4n) is 2.06. The van der Waals surface area contributed by atoms with E-state index in [1.807, 2.05) is 0 Å². The molecule has 0 radical (unpaired) electrons. The quantitative estimate of drug-likeness (QED) is 0.200. The molecule has 0 aliphatic heterocycles. The molecule has 148 valence electrons. The van der Waals surface area contributed by atoms with Crippen molar-refractivity contribution in [3.8, 4) is 0 Å². The highest BCUT2D eigenvalue weighted by atomic mass is 16.6. The highest BCUT2D eigenvalue weighted by molar-refractivity contribution is 5.66. The maximum atomic E-state index is 11.2. The molecule has 0 aliphatic carbocycles. The van der Waals surface area contributed by atoms with Gasteiger partial charge in [-0.1, -0.05) is 0 Å². The zero-order valence-corrected chi connectivity index (χ0v) is 13.2. The average molecular weight is 410 g/mol. The van der Waals surface area contributed by atoms with Crippen molar-refractivity contribution in [3.63, 3.8) is 0 Å². The van der Waals surface area contributed by atoms with Crippen LogP contribution in [0.3, 0.4) is 0 Å². The molecule has 29 heavy (non-hydrogen) atoms. The van der Waals surface area contributed by atoms with Gasteiger partial charge in [-0.3, -0.25) is 0 Å². The maximum absolute atomic E-state index is 11.2. The van der Waals surface area contributed by atoms with Crippen molar-refractivity contribution < 1.29 is 19.7 Å². The normalized spacial score (nSPS) is 9.93. The van der Waals surface area contributed by atoms with Gasteiger partial charge in [0.15, 0.2) is 10.2 Å². The van der Waals surface area contributed by atoms with E-state index in [4.69, 9.17) is 11.1 Å². The smallest absolute Gasteiger partial charge is 0.358 e. The zero-order valence-electron chi connectivity index (χ0n) is 13.2. The summed E-state index contributed by atoms with van der Waals surface area (Å²) >= 11 is 0. The van der Waals surface area contributed by atoms with Gasteiger partial charge in [0, 0.05) is 19.2 Å². The predicted molar refractivity (Wildman–Crippen MR) is 84.1 cm³/mol. The van der Waals surface area contributed by atoms with Crippen LogP contribution in [0.15, 0.2) is 10.2 Å². The number of hydrogen-bond donors (Lipinski definition) is 0. The Balaban J connectivity index is 2.81. The summed E-state index contributed by atoms with van der Waals surface area (Å²) < 4.78 is 0.373. The van der Waals surface area contributed by atoms with E-state index in [1.54, 1.807) is 0 Å². The van der Waals surface area contributed by atoms with Crippen LogP contribution in [0.5, 0.6) is 0 Å². The van der Waals surface area contributed by atoms with Crippen molar-refractivity contribution in [3.05, 3.63) is 61.3 Å². The Hall–Kier alpha value is -5.36. The molecule has 0 aliphatic rings. The second kappa shape index (κ2) is 7.48. The second-order valence-electron chi connectivity index (χ2n) is 4.54. The lowest BCUT2D eigenvalue weighted by Gasteiger charge is -1.95. The third kappa shape index (κ3) is 3.48. The van der Waals surface area contributed by atoms with Gasteiger partial charge in [0.2, 0.25) is 11.4 Å².